The topological polar surface area (TPSA) is 38.1 Å². The molecule has 1 aliphatic heterocycles. The van der Waals surface area contributed by atoms with Gasteiger partial charge in [-0.15, -0.1) is 0 Å². The minimum atomic E-state index is 0.244. The summed E-state index contributed by atoms with van der Waals surface area (Å²) in [6.45, 7) is 4.00. The lowest BCUT2D eigenvalue weighted by Crippen LogP contribution is -2.44. The smallest absolute Gasteiger partial charge is 0.225 e. The number of para-hydroxylation sites is 2. The molecule has 0 N–H and O–H groups in total. The highest BCUT2D eigenvalue weighted by molar-refractivity contribution is 5.79. The van der Waals surface area contributed by atoms with Crippen molar-refractivity contribution in [1.29, 1.82) is 0 Å². The van der Waals surface area contributed by atoms with Crippen LogP contribution in [0.15, 0.2) is 54.6 Å². The first-order chi connectivity index (χ1) is 15.2. The number of nitrogens with zero attached hydrogens (tertiary/aromatic N) is 3. The van der Waals surface area contributed by atoms with E-state index in [2.05, 4.69) is 71.0 Å². The molecule has 4 heteroatoms. The van der Waals surface area contributed by atoms with E-state index in [4.69, 9.17) is 4.98 Å². The number of likely N-dealkylation sites (tertiary alicyclic amines) is 1. The number of imidazole rings is 1. The van der Waals surface area contributed by atoms with Crippen LogP contribution in [0.3, 0.4) is 0 Å². The molecule has 0 bridgehead atoms. The predicted molar refractivity (Wildman–Crippen MR) is 125 cm³/mol. The molecular formula is C27H33N3O. The normalized spacial score (nSPS) is 22.7. The van der Waals surface area contributed by atoms with Crippen LogP contribution in [0.25, 0.3) is 11.0 Å². The third-order valence-corrected chi connectivity index (χ3v) is 7.44. The van der Waals surface area contributed by atoms with E-state index < -0.39 is 0 Å². The van der Waals surface area contributed by atoms with E-state index in [0.717, 1.165) is 50.1 Å². The van der Waals surface area contributed by atoms with Crippen LogP contribution in [0, 0.1) is 11.8 Å². The van der Waals surface area contributed by atoms with Gasteiger partial charge in [0.05, 0.1) is 11.0 Å². The Balaban J connectivity index is 1.35. The summed E-state index contributed by atoms with van der Waals surface area (Å²) < 4.78 is 2.47. The summed E-state index contributed by atoms with van der Waals surface area (Å²) in [6.07, 6.45) is 7.63. The van der Waals surface area contributed by atoms with Crippen LogP contribution in [-0.4, -0.2) is 33.4 Å². The summed E-state index contributed by atoms with van der Waals surface area (Å²) >= 11 is 0. The van der Waals surface area contributed by atoms with E-state index >= 15 is 0 Å². The second kappa shape index (κ2) is 8.86. The SMILES string of the molecule is C[C@@H]1CCCC[C@H]1C(=O)N1CCC(n2c(Cc3ccccc3)nc3ccccc32)CC1. The summed E-state index contributed by atoms with van der Waals surface area (Å²) in [6, 6.07) is 19.5. The number of rotatable bonds is 4. The maximum absolute atomic E-state index is 13.2. The average Bonchev–Trinajstić information content (AvgIpc) is 3.17. The Bertz CT molecular complexity index is 1030. The van der Waals surface area contributed by atoms with Gasteiger partial charge in [0, 0.05) is 31.5 Å². The third kappa shape index (κ3) is 4.13. The minimum absolute atomic E-state index is 0.244. The number of amides is 1. The highest BCUT2D eigenvalue weighted by atomic mass is 16.2. The molecule has 2 fully saturated rings. The van der Waals surface area contributed by atoms with Gasteiger partial charge in [-0.2, -0.15) is 0 Å². The van der Waals surface area contributed by atoms with E-state index in [0.29, 0.717) is 17.9 Å². The fraction of sp³-hybridized carbons (Fsp3) is 0.481. The minimum Gasteiger partial charge on any atom is -0.342 e. The van der Waals surface area contributed by atoms with Crippen molar-refractivity contribution < 1.29 is 4.79 Å². The molecule has 1 aromatic heterocycles. The fourth-order valence-electron chi connectivity index (χ4n) is 5.67. The summed E-state index contributed by atoms with van der Waals surface area (Å²) in [4.78, 5) is 20.3. The number of hydrogen-bond donors (Lipinski definition) is 0. The van der Waals surface area contributed by atoms with Gasteiger partial charge in [0.2, 0.25) is 5.91 Å². The van der Waals surface area contributed by atoms with Crippen LogP contribution in [0.5, 0.6) is 0 Å². The fourth-order valence-corrected chi connectivity index (χ4v) is 5.67. The molecule has 5 rings (SSSR count). The number of piperidine rings is 1. The lowest BCUT2D eigenvalue weighted by molar-refractivity contribution is -0.139. The van der Waals surface area contributed by atoms with Crippen LogP contribution >= 0.6 is 0 Å². The van der Waals surface area contributed by atoms with Gasteiger partial charge < -0.3 is 9.47 Å². The first-order valence-corrected chi connectivity index (χ1v) is 12.0. The molecule has 0 radical (unpaired) electrons. The predicted octanol–water partition coefficient (Wildman–Crippen LogP) is 5.62. The van der Waals surface area contributed by atoms with Gasteiger partial charge in [-0.3, -0.25) is 4.79 Å². The molecule has 162 valence electrons. The van der Waals surface area contributed by atoms with Crippen molar-refractivity contribution in [2.45, 2.75) is 57.9 Å². The second-order valence-electron chi connectivity index (χ2n) is 9.47. The van der Waals surface area contributed by atoms with Gasteiger partial charge in [0.15, 0.2) is 0 Å². The van der Waals surface area contributed by atoms with E-state index in [1.165, 1.54) is 30.3 Å². The van der Waals surface area contributed by atoms with Crippen LogP contribution in [0.2, 0.25) is 0 Å². The molecule has 1 aliphatic carbocycles. The van der Waals surface area contributed by atoms with Crippen molar-refractivity contribution in [2.24, 2.45) is 11.8 Å². The average molecular weight is 416 g/mol. The second-order valence-corrected chi connectivity index (χ2v) is 9.47. The van der Waals surface area contributed by atoms with Crippen LogP contribution in [-0.2, 0) is 11.2 Å². The molecule has 2 aliphatic rings. The van der Waals surface area contributed by atoms with Gasteiger partial charge in [-0.25, -0.2) is 4.98 Å². The van der Waals surface area contributed by atoms with Crippen molar-refractivity contribution in [2.75, 3.05) is 13.1 Å². The first-order valence-electron chi connectivity index (χ1n) is 12.0. The van der Waals surface area contributed by atoms with Gasteiger partial charge >= 0.3 is 0 Å². The van der Waals surface area contributed by atoms with Crippen molar-refractivity contribution in [3.63, 3.8) is 0 Å². The van der Waals surface area contributed by atoms with E-state index in [9.17, 15) is 4.79 Å². The lowest BCUT2D eigenvalue weighted by atomic mass is 9.79. The number of fused-ring (bicyclic) bond motifs is 1. The maximum atomic E-state index is 13.2. The maximum Gasteiger partial charge on any atom is 0.225 e. The van der Waals surface area contributed by atoms with Gasteiger partial charge in [0.25, 0.3) is 0 Å². The molecule has 31 heavy (non-hydrogen) atoms. The van der Waals surface area contributed by atoms with Crippen molar-refractivity contribution in [3.05, 3.63) is 66.0 Å². The zero-order chi connectivity index (χ0) is 21.2. The summed E-state index contributed by atoms with van der Waals surface area (Å²) in [5, 5.41) is 0. The van der Waals surface area contributed by atoms with Crippen molar-refractivity contribution >= 4 is 16.9 Å². The zero-order valence-electron chi connectivity index (χ0n) is 18.5. The Morgan fingerprint density at radius 3 is 2.42 bits per heavy atom. The number of benzene rings is 2. The third-order valence-electron chi connectivity index (χ3n) is 7.44. The van der Waals surface area contributed by atoms with Crippen LogP contribution in [0.1, 0.15) is 62.9 Å². The Hall–Kier alpha value is -2.62. The molecular weight excluding hydrogens is 382 g/mol. The molecule has 2 aromatic carbocycles. The Labute approximate surface area is 185 Å². The highest BCUT2D eigenvalue weighted by Crippen LogP contribution is 2.34. The summed E-state index contributed by atoms with van der Waals surface area (Å²) in [5.74, 6) is 2.32. The van der Waals surface area contributed by atoms with Crippen LogP contribution < -0.4 is 0 Å². The Kier molecular flexibility index (Phi) is 5.80. The van der Waals surface area contributed by atoms with Gasteiger partial charge in [0.1, 0.15) is 5.82 Å². The molecule has 3 aromatic rings. The zero-order valence-corrected chi connectivity index (χ0v) is 18.5. The Morgan fingerprint density at radius 2 is 1.65 bits per heavy atom. The monoisotopic (exact) mass is 415 g/mol. The van der Waals surface area contributed by atoms with Crippen molar-refractivity contribution in [3.8, 4) is 0 Å². The molecule has 2 atom stereocenters. The lowest BCUT2D eigenvalue weighted by Gasteiger charge is -2.38. The molecule has 1 saturated heterocycles. The van der Waals surface area contributed by atoms with Gasteiger partial charge in [-0.1, -0.05) is 62.2 Å². The summed E-state index contributed by atoms with van der Waals surface area (Å²) in [7, 11) is 0. The quantitative estimate of drug-likeness (QED) is 0.555. The Morgan fingerprint density at radius 1 is 0.935 bits per heavy atom. The van der Waals surface area contributed by atoms with Gasteiger partial charge in [-0.05, 0) is 49.3 Å². The van der Waals surface area contributed by atoms with E-state index in [-0.39, 0.29) is 5.92 Å². The first kappa shape index (κ1) is 20.3. The number of hydrogen-bond acceptors (Lipinski definition) is 2. The summed E-state index contributed by atoms with van der Waals surface area (Å²) in [5.41, 5.74) is 3.58. The number of carbonyl (C=O) groups excluding carboxylic acids is 1. The molecule has 0 unspecified atom stereocenters. The molecule has 0 spiro atoms. The largest absolute Gasteiger partial charge is 0.342 e. The molecule has 4 nitrogen and oxygen atoms in total. The molecule has 2 heterocycles. The highest BCUT2D eigenvalue weighted by Gasteiger charge is 2.33. The molecule has 1 amide bonds. The number of carbonyl (C=O) groups is 1. The van der Waals surface area contributed by atoms with E-state index in [1.54, 1.807) is 0 Å². The standard InChI is InChI=1S/C27H33N3O/c1-20-9-5-6-12-23(20)27(31)29-17-15-22(16-18-29)30-25-14-8-7-13-24(25)28-26(30)19-21-10-3-2-4-11-21/h2-4,7-8,10-11,13-14,20,22-23H,5-6,9,12,15-19H2,1H3/t20-,23-/m1/s1. The van der Waals surface area contributed by atoms with Crippen molar-refractivity contribution in [1.82, 2.24) is 14.5 Å². The van der Waals surface area contributed by atoms with Crippen LogP contribution in [0.4, 0.5) is 0 Å². The number of aromatic nitrogens is 2. The van der Waals surface area contributed by atoms with E-state index in [1.807, 2.05) is 0 Å². The molecule has 1 saturated carbocycles.